The van der Waals surface area contributed by atoms with E-state index in [1.54, 1.807) is 32.0 Å². The van der Waals surface area contributed by atoms with Crippen molar-refractivity contribution in [2.24, 2.45) is 0 Å². The monoisotopic (exact) mass is 489 g/mol. The molecule has 0 aliphatic heterocycles. The zero-order valence-corrected chi connectivity index (χ0v) is 19.1. The molecule has 3 rings (SSSR count). The Hall–Kier alpha value is -3.59. The fourth-order valence-corrected chi connectivity index (χ4v) is 5.09. The molecule has 3 aromatic rings. The third kappa shape index (κ3) is 5.48. The van der Waals surface area contributed by atoms with Crippen molar-refractivity contribution in [1.82, 2.24) is 0 Å². The van der Waals surface area contributed by atoms with E-state index in [-0.39, 0.29) is 21.7 Å². The first-order chi connectivity index (χ1) is 15.9. The second-order valence-electron chi connectivity index (χ2n) is 7.74. The molecule has 9 heteroatoms. The quantitative estimate of drug-likeness (QED) is 0.402. The lowest BCUT2D eigenvalue weighted by Crippen LogP contribution is -2.37. The molecule has 0 saturated carbocycles. The molecular weight excluding hydrogens is 467 g/mol. The fraction of sp³-hybridized carbons (Fsp3) is 0.160. The number of halogens is 3. The van der Waals surface area contributed by atoms with E-state index in [2.05, 4.69) is 0 Å². The first-order valence-corrected chi connectivity index (χ1v) is 11.7. The van der Waals surface area contributed by atoms with Gasteiger partial charge in [0.25, 0.3) is 10.0 Å². The van der Waals surface area contributed by atoms with Gasteiger partial charge in [-0.25, -0.2) is 13.2 Å². The fourth-order valence-electron chi connectivity index (χ4n) is 3.38. The topological polar surface area (TPSA) is 74.7 Å². The van der Waals surface area contributed by atoms with E-state index in [1.165, 1.54) is 48.6 Å². The maximum atomic E-state index is 13.4. The van der Waals surface area contributed by atoms with Crippen LogP contribution in [0.15, 0.2) is 77.7 Å². The highest BCUT2D eigenvalue weighted by molar-refractivity contribution is 7.92. The third-order valence-electron chi connectivity index (χ3n) is 4.97. The van der Waals surface area contributed by atoms with Crippen LogP contribution < -0.4 is 4.31 Å². The third-order valence-corrected chi connectivity index (χ3v) is 6.98. The van der Waals surface area contributed by atoms with Crippen LogP contribution in [-0.2, 0) is 16.2 Å². The molecule has 0 aromatic heterocycles. The van der Waals surface area contributed by atoms with Gasteiger partial charge in [0, 0.05) is 6.04 Å². The first kappa shape index (κ1) is 25.0. The molecule has 0 spiro atoms. The predicted molar refractivity (Wildman–Crippen MR) is 125 cm³/mol. The molecule has 3 aromatic carbocycles. The van der Waals surface area contributed by atoms with Gasteiger partial charge in [0.05, 0.1) is 21.7 Å². The minimum Gasteiger partial charge on any atom is -0.478 e. The van der Waals surface area contributed by atoms with Crippen LogP contribution in [0.4, 0.5) is 18.9 Å². The van der Waals surface area contributed by atoms with E-state index in [0.29, 0.717) is 5.56 Å². The summed E-state index contributed by atoms with van der Waals surface area (Å²) in [5.74, 6) is -1.10. The second-order valence-corrected chi connectivity index (χ2v) is 9.55. The number of hydrogen-bond donors (Lipinski definition) is 1. The van der Waals surface area contributed by atoms with E-state index < -0.39 is 33.8 Å². The number of carboxylic acid groups (broad SMARTS) is 1. The van der Waals surface area contributed by atoms with Gasteiger partial charge >= 0.3 is 12.1 Å². The summed E-state index contributed by atoms with van der Waals surface area (Å²) in [5.41, 5.74) is -0.180. The smallest absolute Gasteiger partial charge is 0.416 e. The van der Waals surface area contributed by atoms with Crippen LogP contribution in [0.3, 0.4) is 0 Å². The second kappa shape index (κ2) is 9.72. The van der Waals surface area contributed by atoms with Gasteiger partial charge in [-0.3, -0.25) is 4.31 Å². The Labute approximate surface area is 195 Å². The van der Waals surface area contributed by atoms with Gasteiger partial charge in [0.15, 0.2) is 0 Å². The Kier molecular flexibility index (Phi) is 7.16. The summed E-state index contributed by atoms with van der Waals surface area (Å²) < 4.78 is 68.2. The zero-order chi connectivity index (χ0) is 25.1. The average molecular weight is 490 g/mol. The Morgan fingerprint density at radius 1 is 0.941 bits per heavy atom. The number of carboxylic acids is 1. The molecular formula is C25H22F3NO4S. The number of hydrogen-bond acceptors (Lipinski definition) is 3. The Morgan fingerprint density at radius 3 is 2.09 bits per heavy atom. The van der Waals surface area contributed by atoms with Crippen LogP contribution in [0.1, 0.15) is 40.9 Å². The molecule has 0 radical (unpaired) electrons. The van der Waals surface area contributed by atoms with Crippen molar-refractivity contribution >= 4 is 33.8 Å². The van der Waals surface area contributed by atoms with Crippen molar-refractivity contribution in [3.05, 3.63) is 95.1 Å². The number of anilines is 1. The van der Waals surface area contributed by atoms with E-state index in [0.717, 1.165) is 22.5 Å². The molecule has 0 fully saturated rings. The largest absolute Gasteiger partial charge is 0.478 e. The Bertz CT molecular complexity index is 1300. The molecule has 34 heavy (non-hydrogen) atoms. The van der Waals surface area contributed by atoms with Gasteiger partial charge in [0.1, 0.15) is 0 Å². The van der Waals surface area contributed by atoms with E-state index in [1.807, 2.05) is 0 Å². The number of aromatic carboxylic acids is 1. The Balaban J connectivity index is 2.14. The number of benzene rings is 3. The van der Waals surface area contributed by atoms with Crippen LogP contribution in [0.25, 0.3) is 12.2 Å². The van der Waals surface area contributed by atoms with Gasteiger partial charge < -0.3 is 5.11 Å². The molecule has 178 valence electrons. The maximum Gasteiger partial charge on any atom is 0.416 e. The predicted octanol–water partition coefficient (Wildman–Crippen LogP) is 6.18. The molecule has 0 aliphatic rings. The van der Waals surface area contributed by atoms with Crippen LogP contribution in [0.2, 0.25) is 0 Å². The van der Waals surface area contributed by atoms with Gasteiger partial charge in [0.2, 0.25) is 0 Å². The van der Waals surface area contributed by atoms with Crippen molar-refractivity contribution in [3.63, 3.8) is 0 Å². The lowest BCUT2D eigenvalue weighted by Gasteiger charge is -2.30. The Morgan fingerprint density at radius 2 is 1.56 bits per heavy atom. The highest BCUT2D eigenvalue weighted by Crippen LogP contribution is 2.36. The molecule has 5 nitrogen and oxygen atoms in total. The molecule has 0 amide bonds. The van der Waals surface area contributed by atoms with Crippen molar-refractivity contribution < 1.29 is 31.5 Å². The molecule has 0 aliphatic carbocycles. The lowest BCUT2D eigenvalue weighted by molar-refractivity contribution is -0.137. The summed E-state index contributed by atoms with van der Waals surface area (Å²) in [4.78, 5) is 11.0. The maximum absolute atomic E-state index is 13.4. The lowest BCUT2D eigenvalue weighted by atomic mass is 10.0. The molecule has 0 atom stereocenters. The molecule has 0 unspecified atom stereocenters. The minimum absolute atomic E-state index is 0.0165. The molecule has 0 bridgehead atoms. The molecule has 0 heterocycles. The highest BCUT2D eigenvalue weighted by atomic mass is 32.2. The van der Waals surface area contributed by atoms with Gasteiger partial charge in [-0.2, -0.15) is 13.2 Å². The van der Waals surface area contributed by atoms with Crippen LogP contribution in [-0.4, -0.2) is 25.5 Å². The van der Waals surface area contributed by atoms with Crippen molar-refractivity contribution in [1.29, 1.82) is 0 Å². The van der Waals surface area contributed by atoms with Crippen molar-refractivity contribution in [2.75, 3.05) is 4.31 Å². The number of rotatable bonds is 7. The first-order valence-electron chi connectivity index (χ1n) is 10.2. The van der Waals surface area contributed by atoms with Crippen molar-refractivity contribution in [2.45, 2.75) is 31.0 Å². The SMILES string of the molecule is CC(C)N(c1ccc(C(F)(F)F)cc1/C=C/c1ccc(C(=O)O)cc1)S(=O)(=O)c1ccccc1. The normalized spacial score (nSPS) is 12.3. The summed E-state index contributed by atoms with van der Waals surface area (Å²) in [6.45, 7) is 3.27. The molecule has 1 N–H and O–H groups in total. The summed E-state index contributed by atoms with van der Waals surface area (Å²) >= 11 is 0. The number of alkyl halides is 3. The van der Waals surface area contributed by atoms with Crippen LogP contribution in [0.5, 0.6) is 0 Å². The van der Waals surface area contributed by atoms with E-state index in [4.69, 9.17) is 5.11 Å². The number of carbonyl (C=O) groups is 1. The van der Waals surface area contributed by atoms with Gasteiger partial charge in [-0.1, -0.05) is 42.5 Å². The summed E-state index contributed by atoms with van der Waals surface area (Å²) in [5, 5.41) is 9.02. The average Bonchev–Trinajstić information content (AvgIpc) is 2.78. The van der Waals surface area contributed by atoms with Gasteiger partial charge in [-0.15, -0.1) is 0 Å². The zero-order valence-electron chi connectivity index (χ0n) is 18.3. The van der Waals surface area contributed by atoms with Gasteiger partial charge in [-0.05, 0) is 67.4 Å². The van der Waals surface area contributed by atoms with Crippen LogP contribution >= 0.6 is 0 Å². The van der Waals surface area contributed by atoms with Crippen LogP contribution in [0, 0.1) is 0 Å². The summed E-state index contributed by atoms with van der Waals surface area (Å²) in [7, 11) is -4.07. The minimum atomic E-state index is -4.62. The standard InChI is InChI=1S/C25H22F3NO4S/c1-17(2)29(34(32,33)22-6-4-3-5-7-22)23-15-14-21(25(26,27)28)16-20(23)13-10-18-8-11-19(12-9-18)24(30)31/h3-17H,1-2H3,(H,30,31)/b13-10+. The van der Waals surface area contributed by atoms with E-state index >= 15 is 0 Å². The summed E-state index contributed by atoms with van der Waals surface area (Å²) in [6, 6.07) is 15.7. The molecule has 0 saturated heterocycles. The summed E-state index contributed by atoms with van der Waals surface area (Å²) in [6.07, 6.45) is -1.74. The van der Waals surface area contributed by atoms with E-state index in [9.17, 15) is 26.4 Å². The highest BCUT2D eigenvalue weighted by Gasteiger charge is 2.33. The number of sulfonamides is 1. The number of nitrogens with zero attached hydrogens (tertiary/aromatic N) is 1. The van der Waals surface area contributed by atoms with Crippen molar-refractivity contribution in [3.8, 4) is 0 Å².